The van der Waals surface area contributed by atoms with E-state index >= 15 is 0 Å². The van der Waals surface area contributed by atoms with Gasteiger partial charge in [-0.1, -0.05) is 12.1 Å². The number of nitrogens with one attached hydrogen (secondary N) is 1. The highest BCUT2D eigenvalue weighted by molar-refractivity contribution is 5.69. The Morgan fingerprint density at radius 2 is 1.71 bits per heavy atom. The van der Waals surface area contributed by atoms with E-state index in [1.807, 2.05) is 0 Å². The van der Waals surface area contributed by atoms with Gasteiger partial charge in [0.15, 0.2) is 0 Å². The molecule has 3 nitrogen and oxygen atoms in total. The first kappa shape index (κ1) is 15.8. The lowest BCUT2D eigenvalue weighted by Gasteiger charge is -2.29. The Bertz CT molecular complexity index is 477. The molecule has 21 heavy (non-hydrogen) atoms. The summed E-state index contributed by atoms with van der Waals surface area (Å²) in [5.74, 6) is -0.616. The molecular weight excluding hydrogens is 283 g/mol. The van der Waals surface area contributed by atoms with E-state index in [-0.39, 0.29) is 18.5 Å². The number of alkyl halides is 3. The topological polar surface area (TPSA) is 49.3 Å². The van der Waals surface area contributed by atoms with Gasteiger partial charge < -0.3 is 10.4 Å². The zero-order valence-electron chi connectivity index (χ0n) is 11.5. The first-order chi connectivity index (χ1) is 9.86. The van der Waals surface area contributed by atoms with Gasteiger partial charge in [-0.25, -0.2) is 0 Å². The first-order valence-electron chi connectivity index (χ1n) is 6.98. The van der Waals surface area contributed by atoms with E-state index in [9.17, 15) is 18.0 Å². The summed E-state index contributed by atoms with van der Waals surface area (Å²) in [6.45, 7) is -0.0460. The van der Waals surface area contributed by atoms with Crippen LogP contribution in [0.1, 0.15) is 42.7 Å². The molecule has 0 aromatic heterocycles. The van der Waals surface area contributed by atoms with Gasteiger partial charge in [0.2, 0.25) is 0 Å². The average Bonchev–Trinajstić information content (AvgIpc) is 2.45. The third-order valence-electron chi connectivity index (χ3n) is 3.98. The van der Waals surface area contributed by atoms with Crippen LogP contribution in [-0.4, -0.2) is 23.7 Å². The number of carboxylic acid groups (broad SMARTS) is 1. The summed E-state index contributed by atoms with van der Waals surface area (Å²) in [5, 5.41) is 11.6. The van der Waals surface area contributed by atoms with Crippen LogP contribution in [0.5, 0.6) is 0 Å². The minimum atomic E-state index is -4.29. The van der Waals surface area contributed by atoms with Crippen molar-refractivity contribution in [1.29, 1.82) is 0 Å². The zero-order valence-corrected chi connectivity index (χ0v) is 11.5. The van der Waals surface area contributed by atoms with Crippen LogP contribution in [0.2, 0.25) is 0 Å². The van der Waals surface area contributed by atoms with Crippen molar-refractivity contribution >= 4 is 5.97 Å². The molecule has 2 N–H and O–H groups in total. The Kier molecular flexibility index (Phi) is 4.88. The second kappa shape index (κ2) is 6.47. The highest BCUT2D eigenvalue weighted by Crippen LogP contribution is 2.35. The maximum atomic E-state index is 12.5. The fourth-order valence-corrected chi connectivity index (χ4v) is 2.81. The number of halogens is 3. The number of carbonyl (C=O) groups is 1. The third-order valence-corrected chi connectivity index (χ3v) is 3.98. The summed E-state index contributed by atoms with van der Waals surface area (Å²) in [6.07, 6.45) is -0.875. The SMILES string of the molecule is O=C(O)CNC1CCC(c2ccc(C(F)(F)F)cc2)CC1. The summed E-state index contributed by atoms with van der Waals surface area (Å²) in [7, 11) is 0. The van der Waals surface area contributed by atoms with Crippen LogP contribution in [0.4, 0.5) is 13.2 Å². The van der Waals surface area contributed by atoms with Crippen molar-refractivity contribution in [2.24, 2.45) is 0 Å². The molecule has 0 atom stereocenters. The van der Waals surface area contributed by atoms with Crippen molar-refractivity contribution in [3.05, 3.63) is 35.4 Å². The normalized spacial score (nSPS) is 23.0. The Hall–Kier alpha value is -1.56. The van der Waals surface area contributed by atoms with Gasteiger partial charge in [0.25, 0.3) is 0 Å². The van der Waals surface area contributed by atoms with Gasteiger partial charge >= 0.3 is 12.1 Å². The van der Waals surface area contributed by atoms with Crippen LogP contribution in [0.3, 0.4) is 0 Å². The molecule has 116 valence electrons. The van der Waals surface area contributed by atoms with E-state index in [0.717, 1.165) is 43.4 Å². The molecule has 0 heterocycles. The Balaban J connectivity index is 1.89. The van der Waals surface area contributed by atoms with Crippen LogP contribution in [0.25, 0.3) is 0 Å². The van der Waals surface area contributed by atoms with Gasteiger partial charge in [-0.3, -0.25) is 4.79 Å². The van der Waals surface area contributed by atoms with E-state index in [4.69, 9.17) is 5.11 Å². The lowest BCUT2D eigenvalue weighted by atomic mass is 9.81. The number of hydrogen-bond acceptors (Lipinski definition) is 2. The lowest BCUT2D eigenvalue weighted by Crippen LogP contribution is -2.36. The quantitative estimate of drug-likeness (QED) is 0.896. The molecule has 0 spiro atoms. The summed E-state index contributed by atoms with van der Waals surface area (Å²) in [5.41, 5.74) is 0.308. The molecule has 1 aliphatic rings. The molecule has 2 rings (SSSR count). The Labute approximate surface area is 121 Å². The minimum absolute atomic E-state index is 0.0460. The van der Waals surface area contributed by atoms with Gasteiger partial charge in [-0.05, 0) is 49.3 Å². The Morgan fingerprint density at radius 1 is 1.14 bits per heavy atom. The van der Waals surface area contributed by atoms with Gasteiger partial charge in [0.05, 0.1) is 12.1 Å². The van der Waals surface area contributed by atoms with E-state index in [1.165, 1.54) is 0 Å². The second-order valence-electron chi connectivity index (χ2n) is 5.44. The van der Waals surface area contributed by atoms with Gasteiger partial charge in [0, 0.05) is 6.04 Å². The van der Waals surface area contributed by atoms with Gasteiger partial charge in [-0.15, -0.1) is 0 Å². The molecule has 1 aromatic carbocycles. The van der Waals surface area contributed by atoms with Crippen LogP contribution in [-0.2, 0) is 11.0 Å². The molecule has 0 unspecified atom stereocenters. The summed E-state index contributed by atoms with van der Waals surface area (Å²) < 4.78 is 37.5. The summed E-state index contributed by atoms with van der Waals surface area (Å²) in [6, 6.07) is 5.55. The van der Waals surface area contributed by atoms with Gasteiger partial charge in [-0.2, -0.15) is 13.2 Å². The van der Waals surface area contributed by atoms with E-state index < -0.39 is 17.7 Å². The van der Waals surface area contributed by atoms with Gasteiger partial charge in [0.1, 0.15) is 0 Å². The van der Waals surface area contributed by atoms with E-state index in [1.54, 1.807) is 12.1 Å². The predicted octanol–water partition coefficient (Wildman–Crippen LogP) is 3.41. The molecule has 6 heteroatoms. The minimum Gasteiger partial charge on any atom is -0.480 e. The molecule has 1 aliphatic carbocycles. The van der Waals surface area contributed by atoms with Crippen molar-refractivity contribution in [2.45, 2.75) is 43.8 Å². The van der Waals surface area contributed by atoms with Crippen LogP contribution in [0.15, 0.2) is 24.3 Å². The standard InChI is InChI=1S/C15H18F3NO2/c16-15(17,18)12-5-1-10(2-6-12)11-3-7-13(8-4-11)19-9-14(20)21/h1-2,5-6,11,13,19H,3-4,7-9H2,(H,20,21). The fourth-order valence-electron chi connectivity index (χ4n) is 2.81. The third kappa shape index (κ3) is 4.46. The predicted molar refractivity (Wildman–Crippen MR) is 72.1 cm³/mol. The number of rotatable bonds is 4. The number of benzene rings is 1. The molecule has 1 fully saturated rings. The molecule has 1 aromatic rings. The summed E-state index contributed by atoms with van der Waals surface area (Å²) in [4.78, 5) is 10.5. The smallest absolute Gasteiger partial charge is 0.416 e. The highest BCUT2D eigenvalue weighted by atomic mass is 19.4. The van der Waals surface area contributed by atoms with Crippen molar-refractivity contribution in [1.82, 2.24) is 5.32 Å². The maximum Gasteiger partial charge on any atom is 0.416 e. The molecule has 0 aliphatic heterocycles. The van der Waals surface area contributed by atoms with Crippen molar-refractivity contribution in [3.63, 3.8) is 0 Å². The number of hydrogen-bond donors (Lipinski definition) is 2. The zero-order chi connectivity index (χ0) is 15.5. The molecular formula is C15H18F3NO2. The van der Waals surface area contributed by atoms with Crippen molar-refractivity contribution in [3.8, 4) is 0 Å². The van der Waals surface area contributed by atoms with Crippen molar-refractivity contribution in [2.75, 3.05) is 6.54 Å². The molecule has 0 amide bonds. The van der Waals surface area contributed by atoms with E-state index in [0.29, 0.717) is 0 Å². The molecule has 0 radical (unpaired) electrons. The maximum absolute atomic E-state index is 12.5. The number of aliphatic carboxylic acids is 1. The lowest BCUT2D eigenvalue weighted by molar-refractivity contribution is -0.138. The summed E-state index contributed by atoms with van der Waals surface area (Å²) >= 11 is 0. The van der Waals surface area contributed by atoms with Crippen LogP contribution < -0.4 is 5.32 Å². The van der Waals surface area contributed by atoms with Crippen molar-refractivity contribution < 1.29 is 23.1 Å². The molecule has 0 saturated heterocycles. The Morgan fingerprint density at radius 3 is 2.19 bits per heavy atom. The molecule has 1 saturated carbocycles. The van der Waals surface area contributed by atoms with E-state index in [2.05, 4.69) is 5.32 Å². The second-order valence-corrected chi connectivity index (χ2v) is 5.44. The van der Waals surface area contributed by atoms with Crippen LogP contribution in [0, 0.1) is 0 Å². The first-order valence-corrected chi connectivity index (χ1v) is 6.98. The largest absolute Gasteiger partial charge is 0.480 e. The highest BCUT2D eigenvalue weighted by Gasteiger charge is 2.30. The number of carboxylic acids is 1. The average molecular weight is 301 g/mol. The van der Waals surface area contributed by atoms with Crippen LogP contribution >= 0.6 is 0 Å². The fraction of sp³-hybridized carbons (Fsp3) is 0.533. The molecule has 0 bridgehead atoms. The monoisotopic (exact) mass is 301 g/mol.